The van der Waals surface area contributed by atoms with Crippen LogP contribution in [-0.2, 0) is 0 Å². The van der Waals surface area contributed by atoms with E-state index in [1.807, 2.05) is 60.4 Å². The fourth-order valence-corrected chi connectivity index (χ4v) is 3.17. The lowest BCUT2D eigenvalue weighted by Gasteiger charge is -2.36. The van der Waals surface area contributed by atoms with E-state index in [2.05, 4.69) is 10.2 Å². The third-order valence-electron chi connectivity index (χ3n) is 4.38. The van der Waals surface area contributed by atoms with E-state index in [9.17, 15) is 4.79 Å². The molecule has 0 atom stereocenters. The Labute approximate surface area is 159 Å². The Balaban J connectivity index is 1.38. The number of hydrogen-bond acceptors (Lipinski definition) is 3. The first kappa shape index (κ1) is 18.4. The lowest BCUT2D eigenvalue weighted by molar-refractivity contribution is 0.191. The van der Waals surface area contributed by atoms with Gasteiger partial charge in [0.05, 0.1) is 6.54 Å². The highest BCUT2D eigenvalue weighted by molar-refractivity contribution is 6.30. The average Bonchev–Trinajstić information content (AvgIpc) is 2.65. The largest absolute Gasteiger partial charge is 0.492 e. The summed E-state index contributed by atoms with van der Waals surface area (Å²) in [5, 5.41) is 3.66. The first-order valence-corrected chi connectivity index (χ1v) is 9.22. The van der Waals surface area contributed by atoms with Gasteiger partial charge >= 0.3 is 6.03 Å². The second-order valence-corrected chi connectivity index (χ2v) is 6.79. The van der Waals surface area contributed by atoms with Crippen molar-refractivity contribution in [2.75, 3.05) is 44.2 Å². The number of hydrogen-bond donors (Lipinski definition) is 1. The number of ether oxygens (including phenoxy) is 1. The molecule has 1 N–H and O–H groups in total. The smallest absolute Gasteiger partial charge is 0.317 e. The summed E-state index contributed by atoms with van der Waals surface area (Å²) in [6.45, 7) is 5.95. The van der Waals surface area contributed by atoms with E-state index in [0.717, 1.165) is 35.1 Å². The number of carbonyl (C=O) groups excluding carboxylic acids is 1. The normalized spacial score (nSPS) is 14.2. The van der Waals surface area contributed by atoms with Crippen molar-refractivity contribution in [1.29, 1.82) is 0 Å². The van der Waals surface area contributed by atoms with Gasteiger partial charge in [-0.2, -0.15) is 0 Å². The van der Waals surface area contributed by atoms with Crippen LogP contribution in [0.25, 0.3) is 0 Å². The Morgan fingerprint density at radius 3 is 2.62 bits per heavy atom. The summed E-state index contributed by atoms with van der Waals surface area (Å²) in [6.07, 6.45) is 0. The predicted molar refractivity (Wildman–Crippen MR) is 105 cm³/mol. The molecule has 0 spiro atoms. The van der Waals surface area contributed by atoms with Gasteiger partial charge in [-0.15, -0.1) is 0 Å². The Morgan fingerprint density at radius 2 is 1.88 bits per heavy atom. The zero-order valence-electron chi connectivity index (χ0n) is 15.0. The van der Waals surface area contributed by atoms with Gasteiger partial charge in [-0.3, -0.25) is 0 Å². The van der Waals surface area contributed by atoms with Gasteiger partial charge in [0, 0.05) is 36.9 Å². The molecule has 138 valence electrons. The van der Waals surface area contributed by atoms with Gasteiger partial charge < -0.3 is 19.9 Å². The Bertz CT molecular complexity index is 745. The monoisotopic (exact) mass is 373 g/mol. The van der Waals surface area contributed by atoms with Crippen LogP contribution in [0.4, 0.5) is 10.5 Å². The van der Waals surface area contributed by atoms with Crippen LogP contribution < -0.4 is 15.0 Å². The maximum atomic E-state index is 12.3. The highest BCUT2D eigenvalue weighted by Crippen LogP contribution is 2.20. The van der Waals surface area contributed by atoms with Crippen molar-refractivity contribution in [3.05, 3.63) is 59.1 Å². The summed E-state index contributed by atoms with van der Waals surface area (Å²) in [5.41, 5.74) is 2.26. The van der Waals surface area contributed by atoms with Gasteiger partial charge in [0.25, 0.3) is 0 Å². The zero-order chi connectivity index (χ0) is 18.4. The Kier molecular flexibility index (Phi) is 6.23. The lowest BCUT2D eigenvalue weighted by atomic mass is 10.2. The number of halogens is 1. The van der Waals surface area contributed by atoms with E-state index in [-0.39, 0.29) is 6.03 Å². The molecule has 1 saturated heterocycles. The van der Waals surface area contributed by atoms with Crippen molar-refractivity contribution in [2.24, 2.45) is 0 Å². The summed E-state index contributed by atoms with van der Waals surface area (Å²) in [5.74, 6) is 0.828. The number of benzene rings is 2. The molecule has 1 heterocycles. The number of carbonyl (C=O) groups is 1. The molecule has 0 radical (unpaired) electrons. The van der Waals surface area contributed by atoms with Gasteiger partial charge in [-0.1, -0.05) is 29.8 Å². The molecule has 1 aliphatic heterocycles. The van der Waals surface area contributed by atoms with Crippen LogP contribution in [0.1, 0.15) is 5.56 Å². The predicted octanol–water partition coefficient (Wildman–Crippen LogP) is 3.56. The number of aryl methyl sites for hydroxylation is 1. The third-order valence-corrected chi connectivity index (χ3v) is 4.61. The number of amides is 2. The molecule has 0 aromatic heterocycles. The minimum atomic E-state index is -0.0383. The molecule has 0 saturated carbocycles. The fraction of sp³-hybridized carbons (Fsp3) is 0.350. The van der Waals surface area contributed by atoms with Crippen LogP contribution in [0.2, 0.25) is 5.02 Å². The van der Waals surface area contributed by atoms with Crippen LogP contribution in [0.15, 0.2) is 48.5 Å². The van der Waals surface area contributed by atoms with E-state index >= 15 is 0 Å². The molecule has 26 heavy (non-hydrogen) atoms. The van der Waals surface area contributed by atoms with Crippen molar-refractivity contribution in [3.8, 4) is 5.75 Å². The minimum Gasteiger partial charge on any atom is -0.492 e. The summed E-state index contributed by atoms with van der Waals surface area (Å²) in [7, 11) is 0. The van der Waals surface area contributed by atoms with Crippen molar-refractivity contribution in [3.63, 3.8) is 0 Å². The third kappa shape index (κ3) is 5.05. The first-order valence-electron chi connectivity index (χ1n) is 8.84. The Morgan fingerprint density at radius 1 is 1.12 bits per heavy atom. The maximum Gasteiger partial charge on any atom is 0.317 e. The van der Waals surface area contributed by atoms with Gasteiger partial charge in [0.2, 0.25) is 0 Å². The SMILES string of the molecule is Cc1cccc(OCCNC(=O)N2CCN(c3cccc(Cl)c3)CC2)c1. The zero-order valence-corrected chi connectivity index (χ0v) is 15.7. The van der Waals surface area contributed by atoms with Gasteiger partial charge in [0.15, 0.2) is 0 Å². The summed E-state index contributed by atoms with van der Waals surface area (Å²) >= 11 is 6.05. The van der Waals surface area contributed by atoms with Crippen LogP contribution in [0.5, 0.6) is 5.75 Å². The minimum absolute atomic E-state index is 0.0383. The molecule has 1 fully saturated rings. The summed E-state index contributed by atoms with van der Waals surface area (Å²) in [6, 6.07) is 15.7. The van der Waals surface area contributed by atoms with Gasteiger partial charge in [0.1, 0.15) is 12.4 Å². The van der Waals surface area contributed by atoms with Crippen molar-refractivity contribution in [1.82, 2.24) is 10.2 Å². The molecule has 5 nitrogen and oxygen atoms in total. The molecule has 2 aromatic carbocycles. The summed E-state index contributed by atoms with van der Waals surface area (Å²) < 4.78 is 5.66. The van der Waals surface area contributed by atoms with Crippen LogP contribution in [0.3, 0.4) is 0 Å². The van der Waals surface area contributed by atoms with E-state index in [1.54, 1.807) is 0 Å². The van der Waals surface area contributed by atoms with Crippen molar-refractivity contribution >= 4 is 23.3 Å². The highest BCUT2D eigenvalue weighted by Gasteiger charge is 2.21. The molecule has 0 bridgehead atoms. The second-order valence-electron chi connectivity index (χ2n) is 6.35. The van der Waals surface area contributed by atoms with E-state index in [1.165, 1.54) is 0 Å². The molecule has 2 amide bonds. The summed E-state index contributed by atoms with van der Waals surface area (Å²) in [4.78, 5) is 16.4. The van der Waals surface area contributed by atoms with Crippen LogP contribution in [-0.4, -0.2) is 50.3 Å². The van der Waals surface area contributed by atoms with Gasteiger partial charge in [-0.25, -0.2) is 4.79 Å². The molecule has 2 aromatic rings. The van der Waals surface area contributed by atoms with Crippen molar-refractivity contribution < 1.29 is 9.53 Å². The molecule has 0 aliphatic carbocycles. The molecule has 0 unspecified atom stereocenters. The molecule has 1 aliphatic rings. The van der Waals surface area contributed by atoms with E-state index < -0.39 is 0 Å². The highest BCUT2D eigenvalue weighted by atomic mass is 35.5. The fourth-order valence-electron chi connectivity index (χ4n) is 2.98. The maximum absolute atomic E-state index is 12.3. The average molecular weight is 374 g/mol. The molecular weight excluding hydrogens is 350 g/mol. The lowest BCUT2D eigenvalue weighted by Crippen LogP contribution is -2.52. The standard InChI is InChI=1S/C20H24ClN3O2/c1-16-4-2-7-19(14-16)26-13-8-22-20(25)24-11-9-23(10-12-24)18-6-3-5-17(21)15-18/h2-7,14-15H,8-13H2,1H3,(H,22,25). The first-order chi connectivity index (χ1) is 12.6. The Hall–Kier alpha value is -2.40. The number of nitrogens with one attached hydrogen (secondary N) is 1. The number of anilines is 1. The quantitative estimate of drug-likeness (QED) is 0.815. The topological polar surface area (TPSA) is 44.8 Å². The van der Waals surface area contributed by atoms with Gasteiger partial charge in [-0.05, 0) is 42.8 Å². The number of nitrogens with zero attached hydrogens (tertiary/aromatic N) is 2. The molecular formula is C20H24ClN3O2. The molecule has 6 heteroatoms. The second kappa shape index (κ2) is 8.81. The molecule has 3 rings (SSSR count). The van der Waals surface area contributed by atoms with Crippen LogP contribution >= 0.6 is 11.6 Å². The number of rotatable bonds is 5. The van der Waals surface area contributed by atoms with E-state index in [0.29, 0.717) is 26.2 Å². The van der Waals surface area contributed by atoms with Crippen LogP contribution in [0, 0.1) is 6.92 Å². The number of urea groups is 1. The van der Waals surface area contributed by atoms with E-state index in [4.69, 9.17) is 16.3 Å². The van der Waals surface area contributed by atoms with Crippen molar-refractivity contribution in [2.45, 2.75) is 6.92 Å². The number of piperazine rings is 1.